The smallest absolute Gasteiger partial charge is 0.223 e. The van der Waals surface area contributed by atoms with Gasteiger partial charge in [0.2, 0.25) is 5.91 Å². The molecule has 0 heterocycles. The fourth-order valence-electron chi connectivity index (χ4n) is 1.86. The molecule has 1 aliphatic carbocycles. The molecule has 0 radical (unpaired) electrons. The van der Waals surface area contributed by atoms with Crippen LogP contribution in [-0.2, 0) is 4.79 Å². The standard InChI is InChI=1S/C14H19BrN2O/c1-10(12-3-2-4-13(15)9-12)16-7-8-17-14(18)11-5-6-11/h2-4,9-11,16H,5-8H2,1H3,(H,17,18). The SMILES string of the molecule is CC(NCCNC(=O)C1CC1)c1cccc(Br)c1. The number of hydrogen-bond donors (Lipinski definition) is 2. The van der Waals surface area contributed by atoms with Crippen LogP contribution in [0.2, 0.25) is 0 Å². The van der Waals surface area contributed by atoms with E-state index in [1.807, 2.05) is 12.1 Å². The van der Waals surface area contributed by atoms with Gasteiger partial charge in [0, 0.05) is 29.5 Å². The van der Waals surface area contributed by atoms with Crippen LogP contribution in [-0.4, -0.2) is 19.0 Å². The first kappa shape index (κ1) is 13.6. The number of nitrogens with one attached hydrogen (secondary N) is 2. The van der Waals surface area contributed by atoms with Gasteiger partial charge >= 0.3 is 0 Å². The lowest BCUT2D eigenvalue weighted by molar-refractivity contribution is -0.122. The van der Waals surface area contributed by atoms with Gasteiger partial charge in [0.05, 0.1) is 0 Å². The van der Waals surface area contributed by atoms with Crippen LogP contribution in [0, 0.1) is 5.92 Å². The van der Waals surface area contributed by atoms with E-state index in [0.29, 0.717) is 18.5 Å². The molecule has 1 amide bonds. The van der Waals surface area contributed by atoms with Gasteiger partial charge in [-0.2, -0.15) is 0 Å². The van der Waals surface area contributed by atoms with Crippen LogP contribution < -0.4 is 10.6 Å². The van der Waals surface area contributed by atoms with Crippen molar-refractivity contribution in [2.75, 3.05) is 13.1 Å². The summed E-state index contributed by atoms with van der Waals surface area (Å²) in [5.74, 6) is 0.513. The first-order valence-electron chi connectivity index (χ1n) is 6.43. The first-order valence-corrected chi connectivity index (χ1v) is 7.22. The molecular weight excluding hydrogens is 292 g/mol. The average Bonchev–Trinajstić information content (AvgIpc) is 3.18. The van der Waals surface area contributed by atoms with E-state index < -0.39 is 0 Å². The molecule has 1 aromatic rings. The summed E-state index contributed by atoms with van der Waals surface area (Å²) in [6.07, 6.45) is 2.13. The van der Waals surface area contributed by atoms with E-state index in [1.165, 1.54) is 5.56 Å². The van der Waals surface area contributed by atoms with Gasteiger partial charge in [0.1, 0.15) is 0 Å². The number of rotatable bonds is 6. The minimum atomic E-state index is 0.215. The largest absolute Gasteiger partial charge is 0.355 e. The van der Waals surface area contributed by atoms with Crippen molar-refractivity contribution in [3.05, 3.63) is 34.3 Å². The summed E-state index contributed by atoms with van der Waals surface area (Å²) < 4.78 is 1.09. The highest BCUT2D eigenvalue weighted by Gasteiger charge is 2.28. The Labute approximate surface area is 116 Å². The quantitative estimate of drug-likeness (QED) is 0.793. The van der Waals surface area contributed by atoms with Gasteiger partial charge in [0.15, 0.2) is 0 Å². The summed E-state index contributed by atoms with van der Waals surface area (Å²) in [5.41, 5.74) is 1.25. The van der Waals surface area contributed by atoms with E-state index >= 15 is 0 Å². The molecule has 0 saturated heterocycles. The van der Waals surface area contributed by atoms with Gasteiger partial charge in [-0.1, -0.05) is 28.1 Å². The zero-order chi connectivity index (χ0) is 13.0. The number of halogens is 1. The van der Waals surface area contributed by atoms with E-state index in [0.717, 1.165) is 23.9 Å². The molecule has 0 aromatic heterocycles. The second kappa shape index (κ2) is 6.34. The molecule has 1 fully saturated rings. The third-order valence-electron chi connectivity index (χ3n) is 3.17. The molecule has 1 atom stereocenters. The molecule has 2 rings (SSSR count). The number of hydrogen-bond acceptors (Lipinski definition) is 2. The summed E-state index contributed by atoms with van der Waals surface area (Å²) in [5, 5.41) is 6.36. The van der Waals surface area contributed by atoms with E-state index in [2.05, 4.69) is 45.6 Å². The molecule has 1 aliphatic rings. The lowest BCUT2D eigenvalue weighted by Gasteiger charge is -2.14. The zero-order valence-corrected chi connectivity index (χ0v) is 12.2. The lowest BCUT2D eigenvalue weighted by Crippen LogP contribution is -2.33. The van der Waals surface area contributed by atoms with Crippen molar-refractivity contribution in [1.82, 2.24) is 10.6 Å². The summed E-state index contributed by atoms with van der Waals surface area (Å²) in [4.78, 5) is 11.4. The Morgan fingerprint density at radius 2 is 2.22 bits per heavy atom. The Balaban J connectivity index is 1.68. The minimum Gasteiger partial charge on any atom is -0.355 e. The monoisotopic (exact) mass is 310 g/mol. The molecule has 1 aromatic carbocycles. The van der Waals surface area contributed by atoms with E-state index in [9.17, 15) is 4.79 Å². The van der Waals surface area contributed by atoms with Crippen LogP contribution in [0.15, 0.2) is 28.7 Å². The van der Waals surface area contributed by atoms with Crippen LogP contribution in [0.3, 0.4) is 0 Å². The number of carbonyl (C=O) groups is 1. The topological polar surface area (TPSA) is 41.1 Å². The summed E-state index contributed by atoms with van der Waals surface area (Å²) in [7, 11) is 0. The summed E-state index contributed by atoms with van der Waals surface area (Å²) in [6, 6.07) is 8.56. The maximum absolute atomic E-state index is 11.4. The van der Waals surface area contributed by atoms with E-state index in [-0.39, 0.29) is 5.91 Å². The molecule has 1 saturated carbocycles. The van der Waals surface area contributed by atoms with Crippen LogP contribution in [0.4, 0.5) is 0 Å². The second-order valence-electron chi connectivity index (χ2n) is 4.80. The molecule has 4 heteroatoms. The van der Waals surface area contributed by atoms with Crippen LogP contribution in [0.5, 0.6) is 0 Å². The van der Waals surface area contributed by atoms with Crippen LogP contribution in [0.1, 0.15) is 31.4 Å². The number of benzene rings is 1. The molecule has 0 aliphatic heterocycles. The van der Waals surface area contributed by atoms with Crippen molar-refractivity contribution < 1.29 is 4.79 Å². The fraction of sp³-hybridized carbons (Fsp3) is 0.500. The van der Waals surface area contributed by atoms with Gasteiger partial charge in [-0.15, -0.1) is 0 Å². The second-order valence-corrected chi connectivity index (χ2v) is 5.71. The first-order chi connectivity index (χ1) is 8.66. The Kier molecular flexibility index (Phi) is 4.78. The fourth-order valence-corrected chi connectivity index (χ4v) is 2.27. The highest BCUT2D eigenvalue weighted by molar-refractivity contribution is 9.10. The maximum Gasteiger partial charge on any atom is 0.223 e. The maximum atomic E-state index is 11.4. The predicted octanol–water partition coefficient (Wildman–Crippen LogP) is 2.63. The molecule has 98 valence electrons. The molecule has 3 nitrogen and oxygen atoms in total. The highest BCUT2D eigenvalue weighted by Crippen LogP contribution is 2.28. The summed E-state index contributed by atoms with van der Waals surface area (Å²) in [6.45, 7) is 3.63. The van der Waals surface area contributed by atoms with Gasteiger partial charge < -0.3 is 10.6 Å². The van der Waals surface area contributed by atoms with Crippen molar-refractivity contribution in [2.24, 2.45) is 5.92 Å². The van der Waals surface area contributed by atoms with Crippen molar-refractivity contribution in [3.8, 4) is 0 Å². The minimum absolute atomic E-state index is 0.215. The number of carbonyl (C=O) groups excluding carboxylic acids is 1. The Morgan fingerprint density at radius 3 is 2.89 bits per heavy atom. The van der Waals surface area contributed by atoms with Gasteiger partial charge in [-0.3, -0.25) is 4.79 Å². The summed E-state index contributed by atoms with van der Waals surface area (Å²) >= 11 is 3.47. The van der Waals surface area contributed by atoms with E-state index in [4.69, 9.17) is 0 Å². The molecule has 0 bridgehead atoms. The van der Waals surface area contributed by atoms with Crippen molar-refractivity contribution >= 4 is 21.8 Å². The van der Waals surface area contributed by atoms with Gasteiger partial charge in [0.25, 0.3) is 0 Å². The van der Waals surface area contributed by atoms with E-state index in [1.54, 1.807) is 0 Å². The van der Waals surface area contributed by atoms with Crippen molar-refractivity contribution in [1.29, 1.82) is 0 Å². The normalized spacial score (nSPS) is 16.3. The lowest BCUT2D eigenvalue weighted by atomic mass is 10.1. The predicted molar refractivity (Wildman–Crippen MR) is 76.3 cm³/mol. The van der Waals surface area contributed by atoms with Gasteiger partial charge in [-0.25, -0.2) is 0 Å². The molecule has 0 spiro atoms. The zero-order valence-electron chi connectivity index (χ0n) is 10.6. The molecule has 18 heavy (non-hydrogen) atoms. The Morgan fingerprint density at radius 1 is 1.44 bits per heavy atom. The van der Waals surface area contributed by atoms with Crippen LogP contribution in [0.25, 0.3) is 0 Å². The highest BCUT2D eigenvalue weighted by atomic mass is 79.9. The third-order valence-corrected chi connectivity index (χ3v) is 3.66. The van der Waals surface area contributed by atoms with Crippen LogP contribution >= 0.6 is 15.9 Å². The van der Waals surface area contributed by atoms with Crippen molar-refractivity contribution in [2.45, 2.75) is 25.8 Å². The third kappa shape index (κ3) is 4.10. The van der Waals surface area contributed by atoms with Crippen molar-refractivity contribution in [3.63, 3.8) is 0 Å². The van der Waals surface area contributed by atoms with Gasteiger partial charge in [-0.05, 0) is 37.5 Å². The Hall–Kier alpha value is -0.870. The number of amides is 1. The average molecular weight is 311 g/mol. The molecule has 2 N–H and O–H groups in total. The molecule has 1 unspecified atom stereocenters. The Bertz CT molecular complexity index is 418. The molecular formula is C14H19BrN2O.